The molecule has 154 valence electrons. The summed E-state index contributed by atoms with van der Waals surface area (Å²) in [5.41, 5.74) is 2.99. The van der Waals surface area contributed by atoms with Crippen LogP contribution in [0, 0.1) is 17.4 Å². The van der Waals surface area contributed by atoms with Crippen LogP contribution in [0.4, 0.5) is 17.3 Å². The van der Waals surface area contributed by atoms with Gasteiger partial charge in [-0.25, -0.2) is 9.97 Å². The number of carbonyl (C=O) groups excluding carboxylic acids is 1. The number of hydrogen-bond donors (Lipinski definition) is 1. The van der Waals surface area contributed by atoms with E-state index in [-0.39, 0.29) is 5.91 Å². The Morgan fingerprint density at radius 1 is 0.967 bits per heavy atom. The normalized spacial score (nSPS) is 14.0. The first-order chi connectivity index (χ1) is 14.5. The van der Waals surface area contributed by atoms with Gasteiger partial charge in [-0.1, -0.05) is 29.8 Å². The van der Waals surface area contributed by atoms with Gasteiger partial charge in [-0.05, 0) is 60.7 Å². The predicted octanol–water partition coefficient (Wildman–Crippen LogP) is 4.40. The summed E-state index contributed by atoms with van der Waals surface area (Å²) in [5.74, 6) is 2.48. The zero-order chi connectivity index (χ0) is 21.1. The predicted molar refractivity (Wildman–Crippen MR) is 129 cm³/mol. The summed E-state index contributed by atoms with van der Waals surface area (Å²) in [4.78, 5) is 26.2. The maximum Gasteiger partial charge on any atom is 0.255 e. The Bertz CT molecular complexity index is 1050. The Hall–Kier alpha value is -2.68. The molecule has 0 saturated carbocycles. The van der Waals surface area contributed by atoms with E-state index in [9.17, 15) is 4.79 Å². The van der Waals surface area contributed by atoms with E-state index in [1.54, 1.807) is 0 Å². The van der Waals surface area contributed by atoms with Crippen LogP contribution in [0.25, 0.3) is 0 Å². The van der Waals surface area contributed by atoms with Crippen molar-refractivity contribution in [2.75, 3.05) is 36.4 Å². The standard InChI is InChI=1S/C23H24IN5O/c1-16-7-9-18(10-8-16)27-21-15-22(26-17(2)25-21)28-11-13-29(14-12-28)23(30)19-5-3-4-6-20(19)24/h3-10,15H,11-14H2,1-2H3,(H,25,26,27). The van der Waals surface area contributed by atoms with Crippen LogP contribution in [-0.4, -0.2) is 47.0 Å². The number of carbonyl (C=O) groups is 1. The zero-order valence-electron chi connectivity index (χ0n) is 17.1. The molecule has 0 atom stereocenters. The lowest BCUT2D eigenvalue weighted by Crippen LogP contribution is -2.49. The summed E-state index contributed by atoms with van der Waals surface area (Å²) >= 11 is 2.22. The summed E-state index contributed by atoms with van der Waals surface area (Å²) in [5, 5.41) is 3.36. The molecule has 7 heteroatoms. The number of nitrogens with zero attached hydrogens (tertiary/aromatic N) is 4. The molecule has 3 aromatic rings. The van der Waals surface area contributed by atoms with Crippen molar-refractivity contribution in [3.05, 3.63) is 75.1 Å². The molecule has 1 aromatic heterocycles. The van der Waals surface area contributed by atoms with E-state index in [2.05, 4.69) is 61.8 Å². The third-order valence-corrected chi connectivity index (χ3v) is 6.08. The summed E-state index contributed by atoms with van der Waals surface area (Å²) in [7, 11) is 0. The molecule has 0 spiro atoms. The lowest BCUT2D eigenvalue weighted by atomic mass is 10.2. The second-order valence-electron chi connectivity index (χ2n) is 7.41. The van der Waals surface area contributed by atoms with Crippen molar-refractivity contribution in [3.8, 4) is 0 Å². The molecule has 0 bridgehead atoms. The highest BCUT2D eigenvalue weighted by Crippen LogP contribution is 2.22. The molecule has 1 amide bonds. The van der Waals surface area contributed by atoms with E-state index in [1.807, 2.05) is 54.3 Å². The first-order valence-electron chi connectivity index (χ1n) is 9.98. The maximum absolute atomic E-state index is 12.9. The highest BCUT2D eigenvalue weighted by atomic mass is 127. The molecule has 1 saturated heterocycles. The molecule has 1 aliphatic rings. The SMILES string of the molecule is Cc1ccc(Nc2cc(N3CCN(C(=O)c4ccccc4I)CC3)nc(C)n2)cc1. The minimum Gasteiger partial charge on any atom is -0.353 e. The van der Waals surface area contributed by atoms with Crippen LogP contribution in [0.2, 0.25) is 0 Å². The fourth-order valence-electron chi connectivity index (χ4n) is 3.51. The van der Waals surface area contributed by atoms with Crippen LogP contribution in [0.15, 0.2) is 54.6 Å². The van der Waals surface area contributed by atoms with E-state index >= 15 is 0 Å². The van der Waals surface area contributed by atoms with E-state index in [4.69, 9.17) is 0 Å². The number of halogens is 1. The highest BCUT2D eigenvalue weighted by molar-refractivity contribution is 14.1. The lowest BCUT2D eigenvalue weighted by Gasteiger charge is -2.35. The van der Waals surface area contributed by atoms with Gasteiger partial charge in [-0.3, -0.25) is 4.79 Å². The van der Waals surface area contributed by atoms with Gasteiger partial charge >= 0.3 is 0 Å². The van der Waals surface area contributed by atoms with Crippen molar-refractivity contribution in [3.63, 3.8) is 0 Å². The fourth-order valence-corrected chi connectivity index (χ4v) is 4.12. The second kappa shape index (κ2) is 8.99. The van der Waals surface area contributed by atoms with Gasteiger partial charge in [-0.2, -0.15) is 0 Å². The topological polar surface area (TPSA) is 61.4 Å². The number of anilines is 3. The molecule has 2 aromatic carbocycles. The van der Waals surface area contributed by atoms with Crippen LogP contribution in [0.1, 0.15) is 21.7 Å². The summed E-state index contributed by atoms with van der Waals surface area (Å²) in [6.07, 6.45) is 0. The Labute approximate surface area is 190 Å². The van der Waals surface area contributed by atoms with Crippen LogP contribution in [-0.2, 0) is 0 Å². The summed E-state index contributed by atoms with van der Waals surface area (Å²) in [6, 6.07) is 17.9. The highest BCUT2D eigenvalue weighted by Gasteiger charge is 2.24. The number of hydrogen-bond acceptors (Lipinski definition) is 5. The Morgan fingerprint density at radius 2 is 1.67 bits per heavy atom. The average Bonchev–Trinajstić information content (AvgIpc) is 2.75. The third-order valence-electron chi connectivity index (χ3n) is 5.14. The molecule has 1 aliphatic heterocycles. The first-order valence-corrected chi connectivity index (χ1v) is 11.1. The van der Waals surface area contributed by atoms with Gasteiger partial charge in [0.25, 0.3) is 5.91 Å². The van der Waals surface area contributed by atoms with Gasteiger partial charge in [0.05, 0.1) is 5.56 Å². The molecule has 0 unspecified atom stereocenters. The molecule has 0 aliphatic carbocycles. The van der Waals surface area contributed by atoms with Gasteiger partial charge in [0.1, 0.15) is 17.5 Å². The fraction of sp³-hybridized carbons (Fsp3) is 0.261. The maximum atomic E-state index is 12.9. The Kier molecular flexibility index (Phi) is 6.17. The zero-order valence-corrected chi connectivity index (χ0v) is 19.3. The summed E-state index contributed by atoms with van der Waals surface area (Å²) < 4.78 is 0.987. The van der Waals surface area contributed by atoms with Crippen LogP contribution in [0.5, 0.6) is 0 Å². The van der Waals surface area contributed by atoms with E-state index in [0.29, 0.717) is 13.1 Å². The lowest BCUT2D eigenvalue weighted by molar-refractivity contribution is 0.0745. The molecule has 30 heavy (non-hydrogen) atoms. The van der Waals surface area contributed by atoms with E-state index < -0.39 is 0 Å². The van der Waals surface area contributed by atoms with Crippen LogP contribution >= 0.6 is 22.6 Å². The quantitative estimate of drug-likeness (QED) is 0.524. The van der Waals surface area contributed by atoms with Gasteiger partial charge < -0.3 is 15.1 Å². The van der Waals surface area contributed by atoms with Crippen molar-refractivity contribution in [2.24, 2.45) is 0 Å². The molecule has 4 rings (SSSR count). The first kappa shape index (κ1) is 20.6. The largest absolute Gasteiger partial charge is 0.353 e. The number of benzene rings is 2. The second-order valence-corrected chi connectivity index (χ2v) is 8.57. The monoisotopic (exact) mass is 513 g/mol. The van der Waals surface area contributed by atoms with Crippen LogP contribution < -0.4 is 10.2 Å². The number of aryl methyl sites for hydroxylation is 2. The van der Waals surface area contributed by atoms with Crippen molar-refractivity contribution in [1.82, 2.24) is 14.9 Å². The third kappa shape index (κ3) is 4.72. The van der Waals surface area contributed by atoms with E-state index in [1.165, 1.54) is 5.56 Å². The number of piperazine rings is 1. The minimum atomic E-state index is 0.0974. The Morgan fingerprint density at radius 3 is 2.37 bits per heavy atom. The van der Waals surface area contributed by atoms with Crippen molar-refractivity contribution in [2.45, 2.75) is 13.8 Å². The average molecular weight is 513 g/mol. The molecule has 2 heterocycles. The van der Waals surface area contributed by atoms with Crippen molar-refractivity contribution in [1.29, 1.82) is 0 Å². The Balaban J connectivity index is 1.44. The van der Waals surface area contributed by atoms with Gasteiger partial charge in [0, 0.05) is 41.5 Å². The smallest absolute Gasteiger partial charge is 0.255 e. The number of nitrogens with one attached hydrogen (secondary N) is 1. The van der Waals surface area contributed by atoms with Crippen LogP contribution in [0.3, 0.4) is 0 Å². The van der Waals surface area contributed by atoms with Crippen molar-refractivity contribution >= 4 is 45.8 Å². The molecule has 1 N–H and O–H groups in total. The molecule has 0 radical (unpaired) electrons. The molecule has 6 nitrogen and oxygen atoms in total. The summed E-state index contributed by atoms with van der Waals surface area (Å²) in [6.45, 7) is 6.81. The van der Waals surface area contributed by atoms with Crippen molar-refractivity contribution < 1.29 is 4.79 Å². The molecular formula is C23H24IN5O. The number of rotatable bonds is 4. The van der Waals surface area contributed by atoms with Gasteiger partial charge in [-0.15, -0.1) is 0 Å². The molecular weight excluding hydrogens is 489 g/mol. The van der Waals surface area contributed by atoms with E-state index in [0.717, 1.165) is 45.4 Å². The number of amides is 1. The van der Waals surface area contributed by atoms with Gasteiger partial charge in [0.15, 0.2) is 0 Å². The number of aromatic nitrogens is 2. The minimum absolute atomic E-state index is 0.0974. The molecule has 1 fully saturated rings. The van der Waals surface area contributed by atoms with Gasteiger partial charge in [0.2, 0.25) is 0 Å².